The van der Waals surface area contributed by atoms with Crippen LogP contribution in [0, 0.1) is 67.4 Å². The molecule has 0 aromatic heterocycles. The van der Waals surface area contributed by atoms with Gasteiger partial charge in [0.15, 0.2) is 0 Å². The van der Waals surface area contributed by atoms with Crippen LogP contribution in [0.2, 0.25) is 0 Å². The van der Waals surface area contributed by atoms with E-state index in [2.05, 4.69) is 123 Å². The van der Waals surface area contributed by atoms with Crippen molar-refractivity contribution in [3.63, 3.8) is 0 Å². The maximum Gasteiger partial charge on any atom is 0.620 e. The third-order valence-corrected chi connectivity index (χ3v) is 19.4. The normalized spacial score (nSPS) is 18.3. The highest BCUT2D eigenvalue weighted by atomic mass is 16.7. The van der Waals surface area contributed by atoms with Crippen LogP contribution in [0.4, 0.5) is 0 Å². The number of nitrogens with zero attached hydrogens (tertiary/aromatic N) is 6. The first-order valence-corrected chi connectivity index (χ1v) is 50.3. The Hall–Kier alpha value is -3.96. The summed E-state index contributed by atoms with van der Waals surface area (Å²) in [5.41, 5.74) is 0. The molecule has 0 atom stereocenters. The van der Waals surface area contributed by atoms with Crippen LogP contribution in [0.25, 0.3) is 0 Å². The van der Waals surface area contributed by atoms with Crippen LogP contribution in [0.3, 0.4) is 0 Å². The minimum Gasteiger partial charge on any atom is -0.416 e. The Morgan fingerprint density at radius 1 is 0.116 bits per heavy atom. The fourth-order valence-electron chi connectivity index (χ4n) is 12.1. The zero-order valence-corrected chi connectivity index (χ0v) is 83.0. The first kappa shape index (κ1) is 145. The third-order valence-electron chi connectivity index (χ3n) is 19.4. The zero-order chi connectivity index (χ0) is 103. The van der Waals surface area contributed by atoms with E-state index in [0.29, 0.717) is 0 Å². The highest BCUT2D eigenvalue weighted by molar-refractivity contribution is 6.62. The van der Waals surface area contributed by atoms with Gasteiger partial charge in [-0.3, -0.25) is 0 Å². The highest BCUT2D eigenvalue weighted by Crippen LogP contribution is 2.00. The SMILES string of the molecule is C1CCNC1.C1CCNC1.C1CCNC1.C1CCNC1.C1CCNC1.C1CCNC1.C1CCNC1.C1CCNC1.C1CCNC1.C1CCNC1.C1CCNC1.C1CCNC1.C1CCNC1.C1CCNC1.C1CCNC1.C1CCNC1.C1CCNC1.C1CCNC1.N#CB(O)OB(O)O.N#CB(O)OB(O)O.N#CB(O)OB(O)O.N#CB(O)OB(O)O.N#CB(O)OB(O)O.N#CB(O)OB(O)O. The summed E-state index contributed by atoms with van der Waals surface area (Å²) in [6, 6.07) is 0. The second kappa shape index (κ2) is 129. The number of hydrogen-bond donors (Lipinski definition) is 36. The van der Waals surface area contributed by atoms with Gasteiger partial charge in [-0.15, -0.1) is 0 Å². The van der Waals surface area contributed by atoms with Crippen molar-refractivity contribution >= 4 is 86.6 Å². The lowest BCUT2D eigenvalue weighted by atomic mass is 9.92. The second-order valence-corrected chi connectivity index (χ2v) is 31.9. The average Bonchev–Trinajstić information content (AvgIpc) is 1.79. The molecule has 0 aromatic carbocycles. The highest BCUT2D eigenvalue weighted by Gasteiger charge is 2.24. The quantitative estimate of drug-likeness (QED) is 0.0807. The topological polar surface area (TPSA) is 779 Å². The Kier molecular flexibility index (Phi) is 135. The van der Waals surface area contributed by atoms with Crippen molar-refractivity contribution in [1.29, 1.82) is 31.6 Å². The summed E-state index contributed by atoms with van der Waals surface area (Å²) in [6.07, 6.45) is 50.0. The van der Waals surface area contributed by atoms with Gasteiger partial charge in [0, 0.05) is 0 Å². The summed E-state index contributed by atoms with van der Waals surface area (Å²) < 4.78 is 22.2. The lowest BCUT2D eigenvalue weighted by molar-refractivity contribution is 0.266. The molecule has 0 unspecified atom stereocenters. The predicted molar refractivity (Wildman–Crippen MR) is 547 cm³/mol. The standard InChI is InChI=1S/18C4H9N.6CH3B2NO4/c18*1-2-4-5-3-1;6*4-1-2(5)8-3(6)7/h18*5H,1-4H2;6*5-7H. The molecule has 18 aliphatic heterocycles. The summed E-state index contributed by atoms with van der Waals surface area (Å²) in [7, 11) is -23.2. The Labute approximate surface area is 830 Å². The fourth-order valence-corrected chi connectivity index (χ4v) is 12.1. The Balaban J connectivity index is -0.000000330. The van der Waals surface area contributed by atoms with Gasteiger partial charge in [-0.25, -0.2) is 31.6 Å². The molecular formula is C78H180B12N24O24. The number of nitriles is 6. The minimum absolute atomic E-state index is 1.21. The summed E-state index contributed by atoms with van der Waals surface area (Å²) in [6.45, 7) is 45.0. The summed E-state index contributed by atoms with van der Waals surface area (Å²) >= 11 is 0. The molecule has 138 heavy (non-hydrogen) atoms. The van der Waals surface area contributed by atoms with Gasteiger partial charge in [0.25, 0.3) is 0 Å². The number of nitrogens with one attached hydrogen (secondary N) is 18. The minimum atomic E-state index is -2.09. The van der Waals surface area contributed by atoms with Crippen molar-refractivity contribution in [3.8, 4) is 35.8 Å². The van der Waals surface area contributed by atoms with Crippen LogP contribution < -0.4 is 95.7 Å². The molecule has 60 heteroatoms. The summed E-state index contributed by atoms with van der Waals surface area (Å²) in [5.74, 6) is 7.26. The van der Waals surface area contributed by atoms with Crippen molar-refractivity contribution in [2.75, 3.05) is 236 Å². The van der Waals surface area contributed by atoms with Crippen molar-refractivity contribution in [2.24, 2.45) is 0 Å². The number of hydrogen-bond acceptors (Lipinski definition) is 48. The molecule has 48 nitrogen and oxygen atoms in total. The Morgan fingerprint density at radius 2 is 0.167 bits per heavy atom. The van der Waals surface area contributed by atoms with Crippen LogP contribution in [-0.2, 0) is 27.4 Å². The van der Waals surface area contributed by atoms with E-state index >= 15 is 0 Å². The van der Waals surface area contributed by atoms with Gasteiger partial charge < -0.3 is 214 Å². The summed E-state index contributed by atoms with van der Waals surface area (Å²) in [4.78, 5) is 0. The lowest BCUT2D eigenvalue weighted by Crippen LogP contribution is -2.28. The molecule has 0 radical (unpaired) electrons. The van der Waals surface area contributed by atoms with Gasteiger partial charge in [-0.2, -0.15) is 0 Å². The fraction of sp³-hybridized carbons (Fsp3) is 0.923. The number of rotatable bonds is 12. The van der Waals surface area contributed by atoms with Crippen LogP contribution in [0.5, 0.6) is 0 Å². The third kappa shape index (κ3) is 152. The second-order valence-electron chi connectivity index (χ2n) is 31.9. The molecule has 0 aromatic rings. The first-order valence-electron chi connectivity index (χ1n) is 50.3. The maximum atomic E-state index is 8.12. The van der Waals surface area contributed by atoms with Gasteiger partial charge >= 0.3 is 86.6 Å². The van der Waals surface area contributed by atoms with Crippen LogP contribution in [0.15, 0.2) is 0 Å². The molecule has 18 saturated heterocycles. The van der Waals surface area contributed by atoms with Crippen LogP contribution >= 0.6 is 0 Å². The molecule has 792 valence electrons. The first-order chi connectivity index (χ1) is 67.0. The predicted octanol–water partition coefficient (Wildman–Crippen LogP) is -8.25. The molecule has 36 N–H and O–H groups in total. The van der Waals surface area contributed by atoms with Crippen molar-refractivity contribution in [3.05, 3.63) is 0 Å². The molecule has 0 saturated carbocycles. The Morgan fingerprint density at radius 3 is 0.181 bits per heavy atom. The van der Waals surface area contributed by atoms with E-state index in [1.54, 1.807) is 0 Å². The molecule has 18 aliphatic rings. The van der Waals surface area contributed by atoms with E-state index in [9.17, 15) is 0 Å². The van der Waals surface area contributed by atoms with E-state index in [1.165, 1.54) is 503 Å². The molecule has 0 spiro atoms. The van der Waals surface area contributed by atoms with Gasteiger partial charge in [0.1, 0.15) is 0 Å². The van der Waals surface area contributed by atoms with Crippen molar-refractivity contribution in [2.45, 2.75) is 231 Å². The molecule has 18 heterocycles. The van der Waals surface area contributed by atoms with E-state index in [-0.39, 0.29) is 0 Å². The monoisotopic (exact) mass is 1970 g/mol. The maximum absolute atomic E-state index is 8.12. The summed E-state index contributed by atoms with van der Waals surface area (Å²) in [5, 5.41) is 248. The molecule has 18 rings (SSSR count). The molecule has 0 amide bonds. The van der Waals surface area contributed by atoms with Crippen molar-refractivity contribution in [1.82, 2.24) is 95.7 Å². The Bertz CT molecular complexity index is 1860. The average molecular weight is 1970 g/mol. The van der Waals surface area contributed by atoms with E-state index in [1.807, 2.05) is 0 Å². The van der Waals surface area contributed by atoms with Crippen molar-refractivity contribution < 1.29 is 118 Å². The smallest absolute Gasteiger partial charge is 0.416 e. The van der Waals surface area contributed by atoms with Gasteiger partial charge in [0.05, 0.1) is 35.8 Å². The zero-order valence-electron chi connectivity index (χ0n) is 83.0. The van der Waals surface area contributed by atoms with Crippen LogP contribution in [0.1, 0.15) is 231 Å². The molecule has 0 aliphatic carbocycles. The molecule has 18 fully saturated rings. The van der Waals surface area contributed by atoms with Gasteiger partial charge in [-0.05, 0) is 467 Å². The molecule has 0 bridgehead atoms. The largest absolute Gasteiger partial charge is 0.620 e. The van der Waals surface area contributed by atoms with E-state index in [4.69, 9.17) is 122 Å². The van der Waals surface area contributed by atoms with E-state index < -0.39 is 86.6 Å². The van der Waals surface area contributed by atoms with Gasteiger partial charge in [0.2, 0.25) is 0 Å². The lowest BCUT2D eigenvalue weighted by Gasteiger charge is -1.95. The van der Waals surface area contributed by atoms with E-state index in [0.717, 1.165) is 0 Å². The molecular weight excluding hydrogens is 1790 g/mol. The van der Waals surface area contributed by atoms with Crippen LogP contribution in [-0.4, -0.2) is 413 Å². The van der Waals surface area contributed by atoms with Gasteiger partial charge in [-0.1, -0.05) is 0 Å².